The van der Waals surface area contributed by atoms with Crippen LogP contribution in [0.2, 0.25) is 0 Å². The van der Waals surface area contributed by atoms with Gasteiger partial charge in [0.15, 0.2) is 0 Å². The predicted octanol–water partition coefficient (Wildman–Crippen LogP) is 2.07. The van der Waals surface area contributed by atoms with Crippen molar-refractivity contribution in [1.29, 1.82) is 0 Å². The number of hydrogen-bond acceptors (Lipinski definition) is 3. The van der Waals surface area contributed by atoms with Crippen LogP contribution >= 0.6 is 9.24 Å². The lowest BCUT2D eigenvalue weighted by molar-refractivity contribution is -0.142. The van der Waals surface area contributed by atoms with Crippen LogP contribution in [0.1, 0.15) is 24.5 Å². The molecular weight excluding hydrogens is 259 g/mol. The minimum Gasteiger partial charge on any atom is -0.465 e. The summed E-state index contributed by atoms with van der Waals surface area (Å²) in [6, 6.07) is 6.14. The van der Waals surface area contributed by atoms with Gasteiger partial charge >= 0.3 is 5.97 Å². The van der Waals surface area contributed by atoms with E-state index in [1.54, 1.807) is 0 Å². The second-order valence-electron chi connectivity index (χ2n) is 4.75. The molecule has 0 saturated carbocycles. The highest BCUT2D eigenvalue weighted by Crippen LogP contribution is 2.21. The molecule has 4 heteroatoms. The third-order valence-corrected chi connectivity index (χ3v) is 3.38. The van der Waals surface area contributed by atoms with Gasteiger partial charge in [0.1, 0.15) is 0 Å². The Morgan fingerprint density at radius 1 is 1.53 bits per heavy atom. The molecular formula is C15H21O3P. The van der Waals surface area contributed by atoms with Crippen LogP contribution in [0, 0.1) is 12.8 Å². The molecule has 19 heavy (non-hydrogen) atoms. The van der Waals surface area contributed by atoms with E-state index in [0.29, 0.717) is 6.42 Å². The Labute approximate surface area is 116 Å². The van der Waals surface area contributed by atoms with Crippen LogP contribution in [-0.2, 0) is 9.53 Å². The fourth-order valence-corrected chi connectivity index (χ4v) is 2.44. The average molecular weight is 280 g/mol. The fourth-order valence-electron chi connectivity index (χ4n) is 1.87. The number of aryl methyl sites for hydroxylation is 1. The van der Waals surface area contributed by atoms with Crippen LogP contribution in [0.15, 0.2) is 24.8 Å². The Kier molecular flexibility index (Phi) is 6.20. The van der Waals surface area contributed by atoms with E-state index in [0.717, 1.165) is 16.4 Å². The number of rotatable bonds is 6. The summed E-state index contributed by atoms with van der Waals surface area (Å²) >= 11 is 0. The van der Waals surface area contributed by atoms with Crippen LogP contribution in [0.4, 0.5) is 0 Å². The van der Waals surface area contributed by atoms with E-state index in [1.165, 1.54) is 12.5 Å². The van der Waals surface area contributed by atoms with Gasteiger partial charge in [-0.05, 0) is 29.8 Å². The molecule has 0 aliphatic rings. The number of esters is 1. The van der Waals surface area contributed by atoms with E-state index in [2.05, 4.69) is 21.9 Å². The van der Waals surface area contributed by atoms with Crippen molar-refractivity contribution >= 4 is 26.1 Å². The van der Waals surface area contributed by atoms with E-state index >= 15 is 0 Å². The van der Waals surface area contributed by atoms with Crippen LogP contribution < -0.4 is 5.30 Å². The standard InChI is InChI=1S/C15H21O3P/c1-10-4-5-14(15(19)6-10)11(2)7-13(8-16)9-18-12(3)17/h4-6,13,16H,2,7-9,19H2,1,3H3/t13-/m1/s1. The molecule has 0 fully saturated rings. The molecule has 0 saturated heterocycles. The van der Waals surface area contributed by atoms with Crippen molar-refractivity contribution < 1.29 is 14.6 Å². The molecule has 0 aliphatic carbocycles. The summed E-state index contributed by atoms with van der Waals surface area (Å²) in [6.45, 7) is 7.67. The Morgan fingerprint density at radius 3 is 2.74 bits per heavy atom. The highest BCUT2D eigenvalue weighted by Gasteiger charge is 2.13. The van der Waals surface area contributed by atoms with Crippen LogP contribution in [0.25, 0.3) is 5.57 Å². The first-order chi connectivity index (χ1) is 8.93. The minimum absolute atomic E-state index is 0.0235. The summed E-state index contributed by atoms with van der Waals surface area (Å²) in [5, 5.41) is 10.4. The Bertz CT molecular complexity index is 468. The Morgan fingerprint density at radius 2 is 2.21 bits per heavy atom. The average Bonchev–Trinajstić information content (AvgIpc) is 2.33. The highest BCUT2D eigenvalue weighted by atomic mass is 31.0. The molecule has 2 atom stereocenters. The molecule has 0 aromatic heterocycles. The van der Waals surface area contributed by atoms with Crippen LogP contribution in [-0.4, -0.2) is 24.3 Å². The topological polar surface area (TPSA) is 46.5 Å². The van der Waals surface area contributed by atoms with E-state index < -0.39 is 0 Å². The fraction of sp³-hybridized carbons (Fsp3) is 0.400. The third kappa shape index (κ3) is 5.14. The van der Waals surface area contributed by atoms with Gasteiger partial charge in [-0.3, -0.25) is 4.79 Å². The van der Waals surface area contributed by atoms with Gasteiger partial charge in [-0.2, -0.15) is 0 Å². The summed E-state index contributed by atoms with van der Waals surface area (Å²) in [6.07, 6.45) is 0.605. The van der Waals surface area contributed by atoms with Gasteiger partial charge in [-0.25, -0.2) is 0 Å². The summed E-state index contributed by atoms with van der Waals surface area (Å²) in [5.74, 6) is -0.437. The van der Waals surface area contributed by atoms with E-state index in [4.69, 9.17) is 4.74 Å². The molecule has 1 unspecified atom stereocenters. The largest absolute Gasteiger partial charge is 0.465 e. The Balaban J connectivity index is 2.69. The SMILES string of the molecule is C=C(C[C@H](CO)COC(C)=O)c1ccc(C)cc1P. The normalized spacial score (nSPS) is 12.0. The summed E-state index contributed by atoms with van der Waals surface area (Å²) in [4.78, 5) is 10.8. The molecule has 0 spiro atoms. The Hall–Kier alpha value is -1.18. The summed E-state index contributed by atoms with van der Waals surface area (Å²) in [7, 11) is 2.70. The molecule has 0 radical (unpaired) electrons. The summed E-state index contributed by atoms with van der Waals surface area (Å²) < 4.78 is 4.94. The van der Waals surface area contributed by atoms with Gasteiger partial charge < -0.3 is 9.84 Å². The first kappa shape index (κ1) is 15.9. The molecule has 1 aromatic rings. The van der Waals surface area contributed by atoms with Gasteiger partial charge in [-0.15, -0.1) is 9.24 Å². The number of hydrogen-bond donors (Lipinski definition) is 1. The number of aliphatic hydroxyl groups is 1. The first-order valence-electron chi connectivity index (χ1n) is 6.22. The van der Waals surface area contributed by atoms with Crippen molar-refractivity contribution in [1.82, 2.24) is 0 Å². The number of benzene rings is 1. The maximum Gasteiger partial charge on any atom is 0.302 e. The minimum atomic E-state index is -0.328. The first-order valence-corrected chi connectivity index (χ1v) is 6.80. The van der Waals surface area contributed by atoms with Crippen LogP contribution in [0.3, 0.4) is 0 Å². The van der Waals surface area contributed by atoms with Crippen molar-refractivity contribution in [2.24, 2.45) is 5.92 Å². The quantitative estimate of drug-likeness (QED) is 0.641. The second kappa shape index (κ2) is 7.42. The second-order valence-corrected chi connectivity index (χ2v) is 5.37. The van der Waals surface area contributed by atoms with Crippen molar-refractivity contribution in [2.75, 3.05) is 13.2 Å². The molecule has 3 nitrogen and oxygen atoms in total. The molecule has 0 bridgehead atoms. The molecule has 1 N–H and O–H groups in total. The lowest BCUT2D eigenvalue weighted by Gasteiger charge is -2.17. The molecule has 104 valence electrons. The zero-order chi connectivity index (χ0) is 14.4. The number of carbonyl (C=O) groups is 1. The van der Waals surface area contributed by atoms with E-state index in [-0.39, 0.29) is 25.1 Å². The van der Waals surface area contributed by atoms with Crippen molar-refractivity contribution in [2.45, 2.75) is 20.3 Å². The third-order valence-electron chi connectivity index (χ3n) is 2.90. The van der Waals surface area contributed by atoms with Crippen molar-refractivity contribution in [3.05, 3.63) is 35.9 Å². The predicted molar refractivity (Wildman–Crippen MR) is 81.4 cm³/mol. The monoisotopic (exact) mass is 280 g/mol. The zero-order valence-corrected chi connectivity index (χ0v) is 12.6. The van der Waals surface area contributed by atoms with Gasteiger partial charge in [0.2, 0.25) is 0 Å². The zero-order valence-electron chi connectivity index (χ0n) is 11.5. The smallest absolute Gasteiger partial charge is 0.302 e. The molecule has 0 aliphatic heterocycles. The van der Waals surface area contributed by atoms with Gasteiger partial charge in [0, 0.05) is 19.4 Å². The van der Waals surface area contributed by atoms with Gasteiger partial charge in [-0.1, -0.05) is 30.3 Å². The number of carbonyl (C=O) groups excluding carboxylic acids is 1. The van der Waals surface area contributed by atoms with E-state index in [9.17, 15) is 9.90 Å². The van der Waals surface area contributed by atoms with Crippen molar-refractivity contribution in [3.8, 4) is 0 Å². The maximum atomic E-state index is 10.8. The van der Waals surface area contributed by atoms with Gasteiger partial charge in [0.25, 0.3) is 0 Å². The molecule has 1 rings (SSSR count). The number of ether oxygens (including phenoxy) is 1. The molecule has 1 aromatic carbocycles. The van der Waals surface area contributed by atoms with E-state index in [1.807, 2.05) is 19.1 Å². The maximum absolute atomic E-state index is 10.8. The molecule has 0 amide bonds. The summed E-state index contributed by atoms with van der Waals surface area (Å²) in [5.41, 5.74) is 3.20. The van der Waals surface area contributed by atoms with Crippen LogP contribution in [0.5, 0.6) is 0 Å². The number of aliphatic hydroxyl groups excluding tert-OH is 1. The lowest BCUT2D eigenvalue weighted by Crippen LogP contribution is -2.17. The van der Waals surface area contributed by atoms with Crippen molar-refractivity contribution in [3.63, 3.8) is 0 Å². The highest BCUT2D eigenvalue weighted by molar-refractivity contribution is 7.27. The van der Waals surface area contributed by atoms with Gasteiger partial charge in [0.05, 0.1) is 6.61 Å². The number of allylic oxidation sites excluding steroid dienone is 1. The lowest BCUT2D eigenvalue weighted by atomic mass is 9.95. The molecule has 0 heterocycles.